The quantitative estimate of drug-likeness (QED) is 0.749. The highest BCUT2D eigenvalue weighted by Crippen LogP contribution is 2.39. The number of thiophene rings is 1. The average molecular weight is 392 g/mol. The standard InChI is InChI=1S/C15H16BrClO3S/c1-3-19-11-6-5-9(7-12(11)20-4-2)14(18)13-8-10(17)15(16)21-13/h5-8,14,18H,3-4H2,1-2H3. The van der Waals surface area contributed by atoms with Gasteiger partial charge in [0.2, 0.25) is 0 Å². The van der Waals surface area contributed by atoms with Gasteiger partial charge in [-0.2, -0.15) is 0 Å². The van der Waals surface area contributed by atoms with E-state index in [1.807, 2.05) is 26.0 Å². The molecule has 0 saturated carbocycles. The van der Waals surface area contributed by atoms with Gasteiger partial charge in [0.05, 0.1) is 22.0 Å². The second-order valence-corrected chi connectivity index (χ2v) is 7.05. The van der Waals surface area contributed by atoms with E-state index in [4.69, 9.17) is 21.1 Å². The zero-order valence-corrected chi connectivity index (χ0v) is 14.9. The van der Waals surface area contributed by atoms with E-state index in [1.54, 1.807) is 12.1 Å². The van der Waals surface area contributed by atoms with E-state index < -0.39 is 6.10 Å². The SMILES string of the molecule is CCOc1ccc(C(O)c2cc(Cl)c(Br)s2)cc1OCC. The fraction of sp³-hybridized carbons (Fsp3) is 0.333. The molecule has 1 atom stereocenters. The van der Waals surface area contributed by atoms with E-state index in [2.05, 4.69) is 15.9 Å². The summed E-state index contributed by atoms with van der Waals surface area (Å²) >= 11 is 10.8. The maximum absolute atomic E-state index is 10.5. The summed E-state index contributed by atoms with van der Waals surface area (Å²) in [7, 11) is 0. The molecule has 0 aliphatic carbocycles. The van der Waals surface area contributed by atoms with Crippen molar-refractivity contribution < 1.29 is 14.6 Å². The number of aliphatic hydroxyl groups excluding tert-OH is 1. The van der Waals surface area contributed by atoms with Crippen molar-refractivity contribution in [2.75, 3.05) is 13.2 Å². The van der Waals surface area contributed by atoms with Crippen LogP contribution in [-0.4, -0.2) is 18.3 Å². The van der Waals surface area contributed by atoms with E-state index >= 15 is 0 Å². The summed E-state index contributed by atoms with van der Waals surface area (Å²) < 4.78 is 11.9. The Morgan fingerprint density at radius 2 is 1.86 bits per heavy atom. The molecule has 114 valence electrons. The Kier molecular flexibility index (Phi) is 5.93. The van der Waals surface area contributed by atoms with Gasteiger partial charge in [0.15, 0.2) is 11.5 Å². The summed E-state index contributed by atoms with van der Waals surface area (Å²) in [6, 6.07) is 7.22. The molecule has 1 N–H and O–H groups in total. The molecule has 2 rings (SSSR count). The molecule has 0 spiro atoms. The Bertz CT molecular complexity index is 595. The maximum Gasteiger partial charge on any atom is 0.161 e. The van der Waals surface area contributed by atoms with Crippen molar-refractivity contribution >= 4 is 38.9 Å². The van der Waals surface area contributed by atoms with Crippen LogP contribution in [0.5, 0.6) is 11.5 Å². The second kappa shape index (κ2) is 7.49. The van der Waals surface area contributed by atoms with Crippen LogP contribution in [0.4, 0.5) is 0 Å². The van der Waals surface area contributed by atoms with Crippen molar-refractivity contribution in [2.24, 2.45) is 0 Å². The van der Waals surface area contributed by atoms with Crippen LogP contribution in [0, 0.1) is 0 Å². The normalized spacial score (nSPS) is 12.2. The van der Waals surface area contributed by atoms with Gasteiger partial charge in [0, 0.05) is 4.88 Å². The zero-order valence-electron chi connectivity index (χ0n) is 11.7. The first-order valence-corrected chi connectivity index (χ1v) is 8.57. The summed E-state index contributed by atoms with van der Waals surface area (Å²) in [5.41, 5.74) is 0.743. The highest BCUT2D eigenvalue weighted by molar-refractivity contribution is 9.11. The van der Waals surface area contributed by atoms with E-state index in [0.29, 0.717) is 29.7 Å². The molecule has 6 heteroatoms. The topological polar surface area (TPSA) is 38.7 Å². The molecule has 3 nitrogen and oxygen atoms in total. The minimum atomic E-state index is -0.742. The molecule has 0 aliphatic heterocycles. The van der Waals surface area contributed by atoms with Crippen molar-refractivity contribution in [3.8, 4) is 11.5 Å². The van der Waals surface area contributed by atoms with Gasteiger partial charge in [0.25, 0.3) is 0 Å². The lowest BCUT2D eigenvalue weighted by molar-refractivity contribution is 0.222. The molecule has 0 bridgehead atoms. The number of rotatable bonds is 6. The minimum absolute atomic E-state index is 0.538. The van der Waals surface area contributed by atoms with Crippen molar-refractivity contribution in [1.82, 2.24) is 0 Å². The van der Waals surface area contributed by atoms with Crippen LogP contribution in [0.3, 0.4) is 0 Å². The highest BCUT2D eigenvalue weighted by atomic mass is 79.9. The zero-order chi connectivity index (χ0) is 15.4. The molecule has 0 radical (unpaired) electrons. The van der Waals surface area contributed by atoms with E-state index in [9.17, 15) is 5.11 Å². The van der Waals surface area contributed by atoms with Gasteiger partial charge in [-0.25, -0.2) is 0 Å². The lowest BCUT2D eigenvalue weighted by atomic mass is 10.1. The van der Waals surface area contributed by atoms with Gasteiger partial charge in [0.1, 0.15) is 6.10 Å². The van der Waals surface area contributed by atoms with Crippen molar-refractivity contribution in [3.63, 3.8) is 0 Å². The summed E-state index contributed by atoms with van der Waals surface area (Å²) in [4.78, 5) is 0.776. The molecule has 0 saturated heterocycles. The molecule has 21 heavy (non-hydrogen) atoms. The highest BCUT2D eigenvalue weighted by Gasteiger charge is 2.17. The molecule has 0 aliphatic rings. The van der Waals surface area contributed by atoms with Crippen LogP contribution >= 0.6 is 38.9 Å². The number of benzene rings is 1. The van der Waals surface area contributed by atoms with E-state index in [1.165, 1.54) is 11.3 Å². The predicted octanol–water partition coefficient (Wildman–Crippen LogP) is 5.04. The summed E-state index contributed by atoms with van der Waals surface area (Å²) in [6.45, 7) is 4.93. The average Bonchev–Trinajstić information content (AvgIpc) is 2.80. The number of ether oxygens (including phenoxy) is 2. The van der Waals surface area contributed by atoms with Crippen molar-refractivity contribution in [2.45, 2.75) is 20.0 Å². The van der Waals surface area contributed by atoms with Crippen LogP contribution < -0.4 is 9.47 Å². The van der Waals surface area contributed by atoms with Crippen LogP contribution in [-0.2, 0) is 0 Å². The van der Waals surface area contributed by atoms with Gasteiger partial charge in [-0.3, -0.25) is 0 Å². The first-order chi connectivity index (χ1) is 10.1. The summed E-state index contributed by atoms with van der Waals surface area (Å²) in [6.07, 6.45) is -0.742. The van der Waals surface area contributed by atoms with Crippen molar-refractivity contribution in [1.29, 1.82) is 0 Å². The monoisotopic (exact) mass is 390 g/mol. The fourth-order valence-corrected chi connectivity index (χ4v) is 3.66. The Labute approximate surface area is 141 Å². The van der Waals surface area contributed by atoms with Crippen LogP contribution in [0.2, 0.25) is 5.02 Å². The second-order valence-electron chi connectivity index (χ2n) is 4.25. The molecular formula is C15H16BrClO3S. The van der Waals surface area contributed by atoms with Gasteiger partial charge >= 0.3 is 0 Å². The molecule has 0 fully saturated rings. The third kappa shape index (κ3) is 3.92. The lowest BCUT2D eigenvalue weighted by Crippen LogP contribution is -2.02. The van der Waals surface area contributed by atoms with Crippen LogP contribution in [0.1, 0.15) is 30.4 Å². The molecule has 1 heterocycles. The lowest BCUT2D eigenvalue weighted by Gasteiger charge is -2.14. The van der Waals surface area contributed by atoms with Gasteiger partial charge in [-0.1, -0.05) is 17.7 Å². The Balaban J connectivity index is 2.32. The van der Waals surface area contributed by atoms with Gasteiger partial charge < -0.3 is 14.6 Å². The Morgan fingerprint density at radius 3 is 2.43 bits per heavy atom. The molecule has 1 aromatic heterocycles. The third-order valence-corrected chi connectivity index (χ3v) is 5.34. The summed E-state index contributed by atoms with van der Waals surface area (Å²) in [5.74, 6) is 1.32. The van der Waals surface area contributed by atoms with Crippen LogP contribution in [0.25, 0.3) is 0 Å². The molecule has 0 amide bonds. The Morgan fingerprint density at radius 1 is 1.19 bits per heavy atom. The largest absolute Gasteiger partial charge is 0.490 e. The van der Waals surface area contributed by atoms with E-state index in [0.717, 1.165) is 14.2 Å². The third-order valence-electron chi connectivity index (χ3n) is 2.82. The summed E-state index contributed by atoms with van der Waals surface area (Å²) in [5, 5.41) is 11.1. The van der Waals surface area contributed by atoms with Gasteiger partial charge in [-0.05, 0) is 53.5 Å². The van der Waals surface area contributed by atoms with Crippen molar-refractivity contribution in [3.05, 3.63) is 43.5 Å². The van der Waals surface area contributed by atoms with E-state index in [-0.39, 0.29) is 0 Å². The molecule has 1 unspecified atom stereocenters. The smallest absolute Gasteiger partial charge is 0.161 e. The number of hydrogen-bond donors (Lipinski definition) is 1. The maximum atomic E-state index is 10.5. The predicted molar refractivity (Wildman–Crippen MR) is 89.9 cm³/mol. The van der Waals surface area contributed by atoms with Crippen LogP contribution in [0.15, 0.2) is 28.1 Å². The first-order valence-electron chi connectivity index (χ1n) is 6.59. The Hall–Kier alpha value is -0.750. The number of halogens is 2. The fourth-order valence-electron chi connectivity index (χ4n) is 1.90. The number of aliphatic hydroxyl groups is 1. The first kappa shape index (κ1) is 16.6. The minimum Gasteiger partial charge on any atom is -0.490 e. The van der Waals surface area contributed by atoms with Gasteiger partial charge in [-0.15, -0.1) is 11.3 Å². The molecular weight excluding hydrogens is 376 g/mol. The molecule has 1 aromatic carbocycles. The number of hydrogen-bond acceptors (Lipinski definition) is 4. The molecule has 2 aromatic rings.